The summed E-state index contributed by atoms with van der Waals surface area (Å²) in [6.45, 7) is 1.92. The topological polar surface area (TPSA) is 46.5 Å². The zero-order chi connectivity index (χ0) is 19.2. The number of benzene rings is 2. The van der Waals surface area contributed by atoms with Crippen molar-refractivity contribution in [3.8, 4) is 5.88 Å². The van der Waals surface area contributed by atoms with E-state index in [1.807, 2.05) is 19.1 Å². The van der Waals surface area contributed by atoms with Crippen LogP contribution in [0.4, 0.5) is 18.9 Å². The lowest BCUT2D eigenvalue weighted by Crippen LogP contribution is -2.31. The predicted octanol–water partition coefficient (Wildman–Crippen LogP) is 5.03. The third kappa shape index (κ3) is 2.99. The van der Waals surface area contributed by atoms with Gasteiger partial charge in [-0.3, -0.25) is 4.99 Å². The molecule has 1 unspecified atom stereocenters. The van der Waals surface area contributed by atoms with E-state index in [9.17, 15) is 13.2 Å². The van der Waals surface area contributed by atoms with Gasteiger partial charge in [0, 0.05) is 5.39 Å². The van der Waals surface area contributed by atoms with Crippen molar-refractivity contribution in [1.82, 2.24) is 4.98 Å². The summed E-state index contributed by atoms with van der Waals surface area (Å²) in [7, 11) is 1.30. The molecule has 138 valence electrons. The van der Waals surface area contributed by atoms with Crippen molar-refractivity contribution in [2.24, 2.45) is 4.99 Å². The van der Waals surface area contributed by atoms with E-state index in [0.29, 0.717) is 22.2 Å². The van der Waals surface area contributed by atoms with Crippen LogP contribution >= 0.6 is 0 Å². The van der Waals surface area contributed by atoms with Gasteiger partial charge >= 0.3 is 6.18 Å². The van der Waals surface area contributed by atoms with Crippen LogP contribution in [0.1, 0.15) is 22.9 Å². The molecule has 27 heavy (non-hydrogen) atoms. The largest absolute Gasteiger partial charge is 0.480 e. The first-order chi connectivity index (χ1) is 12.9. The summed E-state index contributed by atoms with van der Waals surface area (Å²) in [4.78, 5) is 8.21. The molecule has 0 amide bonds. The maximum atomic E-state index is 13.8. The Kier molecular flexibility index (Phi) is 4.02. The molecule has 1 aliphatic rings. The SMILES string of the molecule is COc1nc2ccccc2c2c1C(C(F)(F)F)=NC(c1ccc(C)cc1)N2. The number of hydrogen-bond acceptors (Lipinski definition) is 4. The number of rotatable bonds is 2. The molecule has 2 aromatic carbocycles. The molecule has 0 bridgehead atoms. The number of aromatic nitrogens is 1. The van der Waals surface area contributed by atoms with Crippen LogP contribution in [0.25, 0.3) is 10.9 Å². The normalized spacial score (nSPS) is 16.5. The summed E-state index contributed by atoms with van der Waals surface area (Å²) in [6.07, 6.45) is -5.50. The quantitative estimate of drug-likeness (QED) is 0.687. The average molecular weight is 371 g/mol. The molecule has 1 atom stereocenters. The molecule has 1 aliphatic heterocycles. The van der Waals surface area contributed by atoms with Crippen LogP contribution in [0.3, 0.4) is 0 Å². The van der Waals surface area contributed by atoms with Gasteiger partial charge in [0.2, 0.25) is 5.88 Å². The number of halogens is 3. The fourth-order valence-corrected chi connectivity index (χ4v) is 3.19. The lowest BCUT2D eigenvalue weighted by atomic mass is 10.00. The van der Waals surface area contributed by atoms with Gasteiger partial charge in [-0.1, -0.05) is 48.0 Å². The first-order valence-electron chi connectivity index (χ1n) is 8.33. The predicted molar refractivity (Wildman–Crippen MR) is 98.4 cm³/mol. The van der Waals surface area contributed by atoms with E-state index < -0.39 is 18.1 Å². The minimum absolute atomic E-state index is 0.102. The van der Waals surface area contributed by atoms with Crippen molar-refractivity contribution in [3.05, 3.63) is 65.2 Å². The number of methoxy groups -OCH3 is 1. The highest BCUT2D eigenvalue weighted by atomic mass is 19.4. The van der Waals surface area contributed by atoms with Gasteiger partial charge in [0.1, 0.15) is 6.17 Å². The number of para-hydroxylation sites is 1. The summed E-state index contributed by atoms with van der Waals surface area (Å²) in [5, 5.41) is 3.73. The van der Waals surface area contributed by atoms with Gasteiger partial charge in [0.05, 0.1) is 23.9 Å². The number of ether oxygens (including phenoxy) is 1. The summed E-state index contributed by atoms with van der Waals surface area (Å²) in [6, 6.07) is 14.3. The molecule has 2 heterocycles. The molecule has 3 aromatic rings. The van der Waals surface area contributed by atoms with Crippen LogP contribution < -0.4 is 10.1 Å². The van der Waals surface area contributed by atoms with Crippen LogP contribution in [-0.2, 0) is 0 Å². The van der Waals surface area contributed by atoms with Gasteiger partial charge in [0.15, 0.2) is 5.71 Å². The van der Waals surface area contributed by atoms with Crippen LogP contribution in [0.2, 0.25) is 0 Å². The molecule has 1 aromatic heterocycles. The molecular formula is C20H16F3N3O. The number of aryl methyl sites for hydroxylation is 1. The number of pyridine rings is 1. The number of nitrogens with zero attached hydrogens (tertiary/aromatic N) is 2. The van der Waals surface area contributed by atoms with Crippen molar-refractivity contribution in [3.63, 3.8) is 0 Å². The maximum absolute atomic E-state index is 13.8. The third-order valence-electron chi connectivity index (χ3n) is 4.49. The Morgan fingerprint density at radius 1 is 1.04 bits per heavy atom. The standard InChI is InChI=1S/C20H16F3N3O/c1-11-7-9-12(10-8-11)18-25-16-13-5-3-4-6-14(13)24-19(27-2)15(16)17(26-18)20(21,22)23/h3-10,18,25H,1-2H3. The number of nitrogens with one attached hydrogen (secondary N) is 1. The maximum Gasteiger partial charge on any atom is 0.433 e. The van der Waals surface area contributed by atoms with Crippen molar-refractivity contribution in [2.75, 3.05) is 12.4 Å². The highest BCUT2D eigenvalue weighted by molar-refractivity contribution is 6.16. The van der Waals surface area contributed by atoms with E-state index in [1.165, 1.54) is 7.11 Å². The molecule has 0 saturated heterocycles. The molecule has 7 heteroatoms. The zero-order valence-electron chi connectivity index (χ0n) is 14.6. The minimum atomic E-state index is -4.64. The average Bonchev–Trinajstić information content (AvgIpc) is 2.66. The first kappa shape index (κ1) is 17.3. The van der Waals surface area contributed by atoms with Gasteiger partial charge < -0.3 is 10.1 Å². The Hall–Kier alpha value is -3.09. The molecule has 0 spiro atoms. The van der Waals surface area contributed by atoms with Crippen LogP contribution in [0, 0.1) is 6.92 Å². The van der Waals surface area contributed by atoms with Gasteiger partial charge in [-0.25, -0.2) is 4.98 Å². The Balaban J connectivity index is 1.99. The van der Waals surface area contributed by atoms with E-state index >= 15 is 0 Å². The lowest BCUT2D eigenvalue weighted by Gasteiger charge is -2.28. The van der Waals surface area contributed by atoms with Crippen molar-refractivity contribution >= 4 is 22.3 Å². The molecule has 0 aliphatic carbocycles. The van der Waals surface area contributed by atoms with E-state index in [2.05, 4.69) is 15.3 Å². The van der Waals surface area contributed by atoms with Gasteiger partial charge in [-0.2, -0.15) is 13.2 Å². The fourth-order valence-electron chi connectivity index (χ4n) is 3.19. The van der Waals surface area contributed by atoms with Crippen LogP contribution in [0.5, 0.6) is 5.88 Å². The van der Waals surface area contributed by atoms with E-state index in [1.54, 1.807) is 36.4 Å². The Morgan fingerprint density at radius 2 is 1.74 bits per heavy atom. The Labute approximate surface area is 153 Å². The first-order valence-corrected chi connectivity index (χ1v) is 8.33. The van der Waals surface area contributed by atoms with Crippen molar-refractivity contribution in [2.45, 2.75) is 19.3 Å². The number of hydrogen-bond donors (Lipinski definition) is 1. The molecule has 0 radical (unpaired) electrons. The summed E-state index contributed by atoms with van der Waals surface area (Å²) >= 11 is 0. The summed E-state index contributed by atoms with van der Waals surface area (Å²) in [5.41, 5.74) is 1.39. The lowest BCUT2D eigenvalue weighted by molar-refractivity contribution is -0.0586. The molecule has 0 fully saturated rings. The monoisotopic (exact) mass is 371 g/mol. The van der Waals surface area contributed by atoms with E-state index in [0.717, 1.165) is 5.56 Å². The Morgan fingerprint density at radius 3 is 2.41 bits per heavy atom. The third-order valence-corrected chi connectivity index (χ3v) is 4.49. The minimum Gasteiger partial charge on any atom is -0.480 e. The van der Waals surface area contributed by atoms with Crippen LogP contribution in [0.15, 0.2) is 53.5 Å². The number of fused-ring (bicyclic) bond motifs is 3. The highest BCUT2D eigenvalue weighted by Gasteiger charge is 2.43. The van der Waals surface area contributed by atoms with Gasteiger partial charge in [-0.05, 0) is 18.6 Å². The van der Waals surface area contributed by atoms with E-state index in [-0.39, 0.29) is 11.4 Å². The molecule has 4 nitrogen and oxygen atoms in total. The fraction of sp³-hybridized carbons (Fsp3) is 0.200. The number of aliphatic imine (C=N–C) groups is 1. The van der Waals surface area contributed by atoms with Crippen molar-refractivity contribution < 1.29 is 17.9 Å². The van der Waals surface area contributed by atoms with Gasteiger partial charge in [0.25, 0.3) is 0 Å². The second-order valence-electron chi connectivity index (χ2n) is 6.32. The Bertz CT molecular complexity index is 1040. The molecule has 1 N–H and O–H groups in total. The second kappa shape index (κ2) is 6.26. The number of anilines is 1. The summed E-state index contributed by atoms with van der Waals surface area (Å²) < 4.78 is 46.7. The number of alkyl halides is 3. The van der Waals surface area contributed by atoms with E-state index in [4.69, 9.17) is 4.74 Å². The highest BCUT2D eigenvalue weighted by Crippen LogP contribution is 2.42. The molecule has 4 rings (SSSR count). The molecule has 0 saturated carbocycles. The van der Waals surface area contributed by atoms with Crippen LogP contribution in [-0.4, -0.2) is 24.0 Å². The summed E-state index contributed by atoms with van der Waals surface area (Å²) in [5.74, 6) is -0.102. The smallest absolute Gasteiger partial charge is 0.433 e. The second-order valence-corrected chi connectivity index (χ2v) is 6.32. The molecular weight excluding hydrogens is 355 g/mol. The van der Waals surface area contributed by atoms with Crippen molar-refractivity contribution in [1.29, 1.82) is 0 Å². The van der Waals surface area contributed by atoms with Gasteiger partial charge in [-0.15, -0.1) is 0 Å². The zero-order valence-corrected chi connectivity index (χ0v) is 14.6.